The number of carbonyl (C=O) groups is 2. The molecule has 6 nitrogen and oxygen atoms in total. The van der Waals surface area contributed by atoms with Crippen LogP contribution < -0.4 is 20.1 Å². The Balaban J connectivity index is 1.39. The van der Waals surface area contributed by atoms with Crippen LogP contribution in [0.3, 0.4) is 0 Å². The Morgan fingerprint density at radius 2 is 1.55 bits per heavy atom. The smallest absolute Gasteiger partial charge is 0.262 e. The van der Waals surface area contributed by atoms with Gasteiger partial charge in [-0.25, -0.2) is 0 Å². The summed E-state index contributed by atoms with van der Waals surface area (Å²) in [6, 6.07) is 25.1. The lowest BCUT2D eigenvalue weighted by Gasteiger charge is -2.11. The summed E-state index contributed by atoms with van der Waals surface area (Å²) in [5.74, 6) is 0.551. The van der Waals surface area contributed by atoms with Gasteiger partial charge in [-0.15, -0.1) is 0 Å². The van der Waals surface area contributed by atoms with Crippen LogP contribution in [-0.4, -0.2) is 25.5 Å². The maximum atomic E-state index is 12.6. The fraction of sp³-hybridized carbons (Fsp3) is 0.0769. The van der Waals surface area contributed by atoms with Crippen LogP contribution in [0.15, 0.2) is 84.9 Å². The SMILES string of the molecule is COc1ccc(NC(=O)c2ccc(Cl)c(NC(=O)COc3ccc4ccccc4c3)c2)cc1. The van der Waals surface area contributed by atoms with Crippen LogP contribution in [-0.2, 0) is 4.79 Å². The predicted octanol–water partition coefficient (Wildman–Crippen LogP) is 5.77. The molecular formula is C26H21ClN2O4. The number of halogens is 1. The van der Waals surface area contributed by atoms with E-state index in [-0.39, 0.29) is 12.5 Å². The third-order valence-electron chi connectivity index (χ3n) is 4.94. The van der Waals surface area contributed by atoms with Crippen molar-refractivity contribution in [2.75, 3.05) is 24.4 Å². The molecule has 0 aliphatic rings. The molecular weight excluding hydrogens is 440 g/mol. The Hall–Kier alpha value is -4.03. The van der Waals surface area contributed by atoms with Crippen molar-refractivity contribution in [1.29, 1.82) is 0 Å². The number of nitrogens with one attached hydrogen (secondary N) is 2. The lowest BCUT2D eigenvalue weighted by Crippen LogP contribution is -2.21. The van der Waals surface area contributed by atoms with Crippen molar-refractivity contribution in [2.24, 2.45) is 0 Å². The fourth-order valence-corrected chi connectivity index (χ4v) is 3.40. The number of benzene rings is 4. The third kappa shape index (κ3) is 5.61. The highest BCUT2D eigenvalue weighted by Crippen LogP contribution is 2.25. The van der Waals surface area contributed by atoms with Crippen LogP contribution in [0, 0.1) is 0 Å². The number of carbonyl (C=O) groups excluding carboxylic acids is 2. The van der Waals surface area contributed by atoms with Gasteiger partial charge in [0.05, 0.1) is 17.8 Å². The lowest BCUT2D eigenvalue weighted by atomic mass is 10.1. The monoisotopic (exact) mass is 460 g/mol. The summed E-state index contributed by atoms with van der Waals surface area (Å²) in [6.07, 6.45) is 0. The summed E-state index contributed by atoms with van der Waals surface area (Å²) < 4.78 is 10.7. The topological polar surface area (TPSA) is 76.7 Å². The van der Waals surface area contributed by atoms with Gasteiger partial charge in [-0.05, 0) is 65.4 Å². The number of anilines is 2. The highest BCUT2D eigenvalue weighted by atomic mass is 35.5. The van der Waals surface area contributed by atoms with E-state index in [9.17, 15) is 9.59 Å². The normalized spacial score (nSPS) is 10.5. The summed E-state index contributed by atoms with van der Waals surface area (Å²) >= 11 is 6.22. The minimum atomic E-state index is -0.391. The van der Waals surface area contributed by atoms with Gasteiger partial charge in [-0.3, -0.25) is 9.59 Å². The van der Waals surface area contributed by atoms with Crippen LogP contribution >= 0.6 is 11.6 Å². The summed E-state index contributed by atoms with van der Waals surface area (Å²) in [5, 5.41) is 7.92. The highest BCUT2D eigenvalue weighted by molar-refractivity contribution is 6.34. The number of methoxy groups -OCH3 is 1. The Bertz CT molecular complexity index is 1310. The molecule has 0 aliphatic heterocycles. The molecule has 166 valence electrons. The first-order valence-electron chi connectivity index (χ1n) is 10.2. The number of hydrogen-bond acceptors (Lipinski definition) is 4. The number of fused-ring (bicyclic) bond motifs is 1. The maximum absolute atomic E-state index is 12.6. The zero-order valence-corrected chi connectivity index (χ0v) is 18.6. The van der Waals surface area contributed by atoms with Crippen molar-refractivity contribution in [2.45, 2.75) is 0 Å². The van der Waals surface area contributed by atoms with E-state index in [2.05, 4.69) is 10.6 Å². The van der Waals surface area contributed by atoms with Gasteiger partial charge >= 0.3 is 0 Å². The average Bonchev–Trinajstić information content (AvgIpc) is 2.84. The Kier molecular flexibility index (Phi) is 6.76. The molecule has 0 heterocycles. The second-order valence-corrected chi connectivity index (χ2v) is 7.63. The maximum Gasteiger partial charge on any atom is 0.262 e. The first-order valence-corrected chi connectivity index (χ1v) is 10.6. The Morgan fingerprint density at radius 3 is 2.30 bits per heavy atom. The third-order valence-corrected chi connectivity index (χ3v) is 5.27. The standard InChI is InChI=1S/C26H21ClN2O4/c1-32-21-11-8-20(9-12-21)28-26(31)19-7-13-23(27)24(15-19)29-25(30)16-33-22-10-6-17-4-2-3-5-18(17)14-22/h2-15H,16H2,1H3,(H,28,31)(H,29,30). The van der Waals surface area contributed by atoms with Gasteiger partial charge in [0.15, 0.2) is 6.61 Å². The zero-order chi connectivity index (χ0) is 23.2. The molecule has 0 unspecified atom stereocenters. The molecule has 0 saturated heterocycles. The quantitative estimate of drug-likeness (QED) is 0.367. The largest absolute Gasteiger partial charge is 0.497 e. The van der Waals surface area contributed by atoms with E-state index in [1.807, 2.05) is 42.5 Å². The molecule has 0 aliphatic carbocycles. The minimum Gasteiger partial charge on any atom is -0.497 e. The van der Waals surface area contributed by atoms with Crippen molar-refractivity contribution in [3.05, 3.63) is 95.5 Å². The van der Waals surface area contributed by atoms with E-state index >= 15 is 0 Å². The molecule has 4 rings (SSSR count). The van der Waals surface area contributed by atoms with E-state index in [4.69, 9.17) is 21.1 Å². The Labute approximate surface area is 196 Å². The van der Waals surface area contributed by atoms with Crippen LogP contribution in [0.2, 0.25) is 5.02 Å². The van der Waals surface area contributed by atoms with Crippen LogP contribution in [0.1, 0.15) is 10.4 Å². The molecule has 2 amide bonds. The van der Waals surface area contributed by atoms with Crippen molar-refractivity contribution < 1.29 is 19.1 Å². The van der Waals surface area contributed by atoms with E-state index in [0.29, 0.717) is 33.5 Å². The summed E-state index contributed by atoms with van der Waals surface area (Å²) in [7, 11) is 1.57. The van der Waals surface area contributed by atoms with Gasteiger partial charge in [-0.2, -0.15) is 0 Å². The second-order valence-electron chi connectivity index (χ2n) is 7.22. The molecule has 0 saturated carbocycles. The summed E-state index contributed by atoms with van der Waals surface area (Å²) in [6.45, 7) is -0.197. The average molecular weight is 461 g/mol. The summed E-state index contributed by atoms with van der Waals surface area (Å²) in [5.41, 5.74) is 1.29. The molecule has 4 aromatic rings. The molecule has 2 N–H and O–H groups in total. The Morgan fingerprint density at radius 1 is 0.818 bits per heavy atom. The second kappa shape index (κ2) is 10.1. The number of ether oxygens (including phenoxy) is 2. The fourth-order valence-electron chi connectivity index (χ4n) is 3.23. The zero-order valence-electron chi connectivity index (χ0n) is 17.8. The molecule has 0 radical (unpaired) electrons. The molecule has 0 atom stereocenters. The number of hydrogen-bond donors (Lipinski definition) is 2. The number of rotatable bonds is 7. The molecule has 0 bridgehead atoms. The van der Waals surface area contributed by atoms with Crippen LogP contribution in [0.5, 0.6) is 11.5 Å². The number of amides is 2. The first-order chi connectivity index (χ1) is 16.0. The van der Waals surface area contributed by atoms with Gasteiger partial charge in [0.25, 0.3) is 11.8 Å². The van der Waals surface area contributed by atoms with Crippen molar-refractivity contribution in [3.8, 4) is 11.5 Å². The first kappa shape index (κ1) is 22.2. The minimum absolute atomic E-state index is 0.197. The molecule has 0 aromatic heterocycles. The van der Waals surface area contributed by atoms with Crippen molar-refractivity contribution in [1.82, 2.24) is 0 Å². The van der Waals surface area contributed by atoms with Crippen molar-refractivity contribution in [3.63, 3.8) is 0 Å². The van der Waals surface area contributed by atoms with Crippen LogP contribution in [0.25, 0.3) is 10.8 Å². The van der Waals surface area contributed by atoms with E-state index < -0.39 is 5.91 Å². The highest BCUT2D eigenvalue weighted by Gasteiger charge is 2.12. The van der Waals surface area contributed by atoms with E-state index in [1.165, 1.54) is 6.07 Å². The lowest BCUT2D eigenvalue weighted by molar-refractivity contribution is -0.118. The van der Waals surface area contributed by atoms with Crippen LogP contribution in [0.4, 0.5) is 11.4 Å². The van der Waals surface area contributed by atoms with Gasteiger partial charge < -0.3 is 20.1 Å². The van der Waals surface area contributed by atoms with Gasteiger partial charge in [0.2, 0.25) is 0 Å². The summed E-state index contributed by atoms with van der Waals surface area (Å²) in [4.78, 5) is 25.0. The van der Waals surface area contributed by atoms with Gasteiger partial charge in [0.1, 0.15) is 11.5 Å². The predicted molar refractivity (Wildman–Crippen MR) is 130 cm³/mol. The van der Waals surface area contributed by atoms with E-state index in [0.717, 1.165) is 10.8 Å². The van der Waals surface area contributed by atoms with Gasteiger partial charge in [0, 0.05) is 11.3 Å². The molecule has 0 fully saturated rings. The molecule has 33 heavy (non-hydrogen) atoms. The van der Waals surface area contributed by atoms with E-state index in [1.54, 1.807) is 43.5 Å². The molecule has 7 heteroatoms. The molecule has 0 spiro atoms. The molecule has 4 aromatic carbocycles. The van der Waals surface area contributed by atoms with Gasteiger partial charge in [-0.1, -0.05) is 41.9 Å². The van der Waals surface area contributed by atoms with Crippen molar-refractivity contribution >= 4 is 45.6 Å².